The summed E-state index contributed by atoms with van der Waals surface area (Å²) in [4.78, 5) is 70.2. The van der Waals surface area contributed by atoms with E-state index in [4.69, 9.17) is 5.73 Å². The number of fused-ring (bicyclic) bond motifs is 1. The van der Waals surface area contributed by atoms with Gasteiger partial charge in [0.05, 0.1) is 17.3 Å². The highest BCUT2D eigenvalue weighted by Gasteiger charge is 2.44. The van der Waals surface area contributed by atoms with Gasteiger partial charge in [0.2, 0.25) is 5.91 Å². The van der Waals surface area contributed by atoms with Gasteiger partial charge < -0.3 is 26.2 Å². The Bertz CT molecular complexity index is 2050. The molecule has 14 heteroatoms. The molecule has 0 radical (unpaired) electrons. The van der Waals surface area contributed by atoms with Crippen LogP contribution in [0.2, 0.25) is 0 Å². The summed E-state index contributed by atoms with van der Waals surface area (Å²) in [7, 11) is 0. The number of amides is 4. The first-order valence-corrected chi connectivity index (χ1v) is 18.0. The zero-order valence-electron chi connectivity index (χ0n) is 27.9. The van der Waals surface area contributed by atoms with E-state index in [2.05, 4.69) is 54.1 Å². The quantitative estimate of drug-likeness (QED) is 0.229. The van der Waals surface area contributed by atoms with Crippen LogP contribution in [0.5, 0.6) is 0 Å². The SMILES string of the molecule is C=C1CCC(N2C(=O)c3ccc(N4CCC5(CCN(c6ccc(Nc7nc(-c8nccs8)cnc7C(N)=O)cc6)CC5)CC4)cc3C2=O)C(=O)N1. The van der Waals surface area contributed by atoms with Crippen LogP contribution in [-0.2, 0) is 4.79 Å². The van der Waals surface area contributed by atoms with Gasteiger partial charge in [0, 0.05) is 60.5 Å². The number of hydrogen-bond donors (Lipinski definition) is 3. The Balaban J connectivity index is 0.875. The average Bonchev–Trinajstić information content (AvgIpc) is 3.76. The van der Waals surface area contributed by atoms with E-state index in [-0.39, 0.29) is 22.8 Å². The third-order valence-electron chi connectivity index (χ3n) is 10.7. The molecule has 51 heavy (non-hydrogen) atoms. The molecule has 1 unspecified atom stereocenters. The number of anilines is 4. The van der Waals surface area contributed by atoms with E-state index in [0.29, 0.717) is 40.4 Å². The van der Waals surface area contributed by atoms with Crippen LogP contribution >= 0.6 is 11.3 Å². The van der Waals surface area contributed by atoms with Crippen LogP contribution in [-0.4, -0.2) is 75.7 Å². The number of piperidine rings is 3. The number of carbonyl (C=O) groups is 4. The van der Waals surface area contributed by atoms with Crippen molar-refractivity contribution >= 4 is 57.8 Å². The first-order valence-electron chi connectivity index (χ1n) is 17.1. The Morgan fingerprint density at radius 2 is 1.59 bits per heavy atom. The van der Waals surface area contributed by atoms with Crippen molar-refractivity contribution in [3.63, 3.8) is 0 Å². The molecule has 4 amide bonds. The van der Waals surface area contributed by atoms with Crippen molar-refractivity contribution in [2.24, 2.45) is 11.1 Å². The van der Waals surface area contributed by atoms with Gasteiger partial charge in [-0.3, -0.25) is 24.1 Å². The van der Waals surface area contributed by atoms with Crippen LogP contribution in [0.1, 0.15) is 69.7 Å². The lowest BCUT2D eigenvalue weighted by Gasteiger charge is -2.48. The number of nitrogens with zero attached hydrogens (tertiary/aromatic N) is 6. The molecule has 2 aromatic carbocycles. The highest BCUT2D eigenvalue weighted by molar-refractivity contribution is 7.13. The van der Waals surface area contributed by atoms with Crippen molar-refractivity contribution in [2.75, 3.05) is 41.3 Å². The summed E-state index contributed by atoms with van der Waals surface area (Å²) in [5.74, 6) is -1.55. The number of nitrogens with one attached hydrogen (secondary N) is 2. The van der Waals surface area contributed by atoms with Gasteiger partial charge >= 0.3 is 0 Å². The summed E-state index contributed by atoms with van der Waals surface area (Å²) in [6.07, 6.45) is 8.39. The first kappa shape index (κ1) is 32.6. The number of aromatic nitrogens is 3. The number of allylic oxidation sites excluding steroid dienone is 1. The lowest BCUT2D eigenvalue weighted by atomic mass is 9.71. The predicted octanol–water partition coefficient (Wildman–Crippen LogP) is 4.72. The van der Waals surface area contributed by atoms with Gasteiger partial charge in [0.1, 0.15) is 16.7 Å². The molecule has 1 atom stereocenters. The second-order valence-corrected chi connectivity index (χ2v) is 14.6. The number of imide groups is 1. The second kappa shape index (κ2) is 12.9. The molecule has 0 bridgehead atoms. The van der Waals surface area contributed by atoms with Crippen molar-refractivity contribution in [1.82, 2.24) is 25.2 Å². The number of carbonyl (C=O) groups excluding carboxylic acids is 4. The van der Waals surface area contributed by atoms with Crippen LogP contribution in [0.4, 0.5) is 22.9 Å². The average molecular weight is 704 g/mol. The van der Waals surface area contributed by atoms with Gasteiger partial charge in [0.25, 0.3) is 17.7 Å². The standard InChI is InChI=1S/C37H37N9O4S/c1-22-2-9-29(33(48)41-22)46-35(49)26-8-7-25(20-27(26)36(46)50)45-17-12-37(13-18-45)10-15-44(16-11-37)24-5-3-23(4-6-24)42-32-30(31(38)47)40-21-28(43-32)34-39-14-19-51-34/h3-8,14,19-21,29H,1-2,9-13,15-18H2,(H2,38,47)(H,41,48)(H,42,43). The van der Waals surface area contributed by atoms with Crippen LogP contribution in [0, 0.1) is 5.41 Å². The topological polar surface area (TPSA) is 167 Å². The zero-order valence-corrected chi connectivity index (χ0v) is 28.7. The fourth-order valence-electron chi connectivity index (χ4n) is 7.72. The fraction of sp³-hybridized carbons (Fsp3) is 0.324. The molecule has 0 saturated carbocycles. The Morgan fingerprint density at radius 3 is 2.24 bits per heavy atom. The lowest BCUT2D eigenvalue weighted by Crippen LogP contribution is -2.51. The molecule has 4 N–H and O–H groups in total. The maximum Gasteiger partial charge on any atom is 0.271 e. The van der Waals surface area contributed by atoms with E-state index >= 15 is 0 Å². The number of thiazole rings is 1. The monoisotopic (exact) mass is 703 g/mol. The van der Waals surface area contributed by atoms with Crippen molar-refractivity contribution in [3.05, 3.63) is 89.3 Å². The molecule has 260 valence electrons. The van der Waals surface area contributed by atoms with Crippen LogP contribution < -0.4 is 26.2 Å². The van der Waals surface area contributed by atoms with E-state index in [1.54, 1.807) is 12.3 Å². The van der Waals surface area contributed by atoms with Gasteiger partial charge in [-0.25, -0.2) is 15.0 Å². The Morgan fingerprint density at radius 1 is 0.922 bits per heavy atom. The Kier molecular flexibility index (Phi) is 8.25. The number of hydrogen-bond acceptors (Lipinski definition) is 11. The summed E-state index contributed by atoms with van der Waals surface area (Å²) in [6.45, 7) is 7.45. The van der Waals surface area contributed by atoms with E-state index < -0.39 is 23.8 Å². The minimum Gasteiger partial charge on any atom is -0.371 e. The molecule has 4 aliphatic rings. The van der Waals surface area contributed by atoms with Gasteiger partial charge in [-0.15, -0.1) is 11.3 Å². The molecule has 2 aromatic heterocycles. The molecule has 3 saturated heterocycles. The number of benzene rings is 2. The van der Waals surface area contributed by atoms with Crippen molar-refractivity contribution in [1.29, 1.82) is 0 Å². The van der Waals surface area contributed by atoms with Crippen molar-refractivity contribution in [2.45, 2.75) is 44.6 Å². The number of nitrogens with two attached hydrogens (primary N) is 1. The summed E-state index contributed by atoms with van der Waals surface area (Å²) in [5.41, 5.74) is 10.6. The first-order chi connectivity index (χ1) is 24.7. The number of primary amides is 1. The van der Waals surface area contributed by atoms with Crippen LogP contribution in [0.3, 0.4) is 0 Å². The number of rotatable bonds is 7. The van der Waals surface area contributed by atoms with Crippen molar-refractivity contribution < 1.29 is 19.2 Å². The second-order valence-electron chi connectivity index (χ2n) is 13.7. The van der Waals surface area contributed by atoms with E-state index in [0.717, 1.165) is 73.8 Å². The molecule has 0 aliphatic carbocycles. The van der Waals surface area contributed by atoms with Gasteiger partial charge in [-0.2, -0.15) is 0 Å². The summed E-state index contributed by atoms with van der Waals surface area (Å²) in [5, 5.41) is 8.46. The third kappa shape index (κ3) is 6.09. The molecular weight excluding hydrogens is 667 g/mol. The summed E-state index contributed by atoms with van der Waals surface area (Å²) < 4.78 is 0. The molecule has 3 fully saturated rings. The minimum absolute atomic E-state index is 0.0652. The Labute approximate surface area is 298 Å². The molecule has 13 nitrogen and oxygen atoms in total. The smallest absolute Gasteiger partial charge is 0.271 e. The zero-order chi connectivity index (χ0) is 35.3. The summed E-state index contributed by atoms with van der Waals surface area (Å²) >= 11 is 1.44. The fourth-order valence-corrected chi connectivity index (χ4v) is 8.31. The van der Waals surface area contributed by atoms with E-state index in [9.17, 15) is 19.2 Å². The van der Waals surface area contributed by atoms with Gasteiger partial charge in [0.15, 0.2) is 11.5 Å². The molecule has 4 aliphatic heterocycles. The molecule has 8 rings (SSSR count). The van der Waals surface area contributed by atoms with Crippen LogP contribution in [0.25, 0.3) is 10.7 Å². The van der Waals surface area contributed by atoms with Gasteiger partial charge in [-0.1, -0.05) is 6.58 Å². The third-order valence-corrected chi connectivity index (χ3v) is 11.5. The maximum absolute atomic E-state index is 13.4. The van der Waals surface area contributed by atoms with Crippen molar-refractivity contribution in [3.8, 4) is 10.7 Å². The van der Waals surface area contributed by atoms with Crippen LogP contribution in [0.15, 0.2) is 72.5 Å². The molecular formula is C37H37N9O4S. The normalized spacial score (nSPS) is 20.1. The Hall–Kier alpha value is -5.63. The predicted molar refractivity (Wildman–Crippen MR) is 194 cm³/mol. The van der Waals surface area contributed by atoms with Gasteiger partial charge in [-0.05, 0) is 86.4 Å². The summed E-state index contributed by atoms with van der Waals surface area (Å²) in [6, 6.07) is 12.8. The highest BCUT2D eigenvalue weighted by atomic mass is 32.1. The lowest BCUT2D eigenvalue weighted by molar-refractivity contribution is -0.125. The molecule has 4 aromatic rings. The minimum atomic E-state index is -0.814. The largest absolute Gasteiger partial charge is 0.371 e. The molecule has 1 spiro atoms. The van der Waals surface area contributed by atoms with E-state index in [1.165, 1.54) is 17.5 Å². The molecule has 6 heterocycles. The maximum atomic E-state index is 13.4. The van der Waals surface area contributed by atoms with E-state index in [1.807, 2.05) is 29.6 Å². The highest BCUT2D eigenvalue weighted by Crippen LogP contribution is 2.43.